The maximum Gasteiger partial charge on any atom is 0.228 e. The molecule has 7 nitrogen and oxygen atoms in total. The van der Waals surface area contributed by atoms with Gasteiger partial charge in [-0.25, -0.2) is 4.98 Å². The molecule has 2 aromatic carbocycles. The highest BCUT2D eigenvalue weighted by molar-refractivity contribution is 7.14. The van der Waals surface area contributed by atoms with E-state index in [9.17, 15) is 9.18 Å². The smallest absolute Gasteiger partial charge is 0.228 e. The van der Waals surface area contributed by atoms with Crippen LogP contribution in [0.3, 0.4) is 0 Å². The molecule has 0 bridgehead atoms. The Kier molecular flexibility index (Phi) is 5.90. The van der Waals surface area contributed by atoms with Gasteiger partial charge in [-0.15, -0.1) is 11.3 Å². The number of hydrogen-bond acceptors (Lipinski definition) is 5. The molecule has 5 heterocycles. The summed E-state index contributed by atoms with van der Waals surface area (Å²) in [4.78, 5) is 25.6. The Morgan fingerprint density at radius 3 is 2.67 bits per heavy atom. The van der Waals surface area contributed by atoms with E-state index < -0.39 is 0 Å². The second-order valence-electron chi connectivity index (χ2n) is 9.41. The van der Waals surface area contributed by atoms with Crippen LogP contribution in [0.2, 0.25) is 0 Å². The normalized spacial score (nSPS) is 11.3. The number of nitrogens with one attached hydrogen (secondary N) is 3. The van der Waals surface area contributed by atoms with Crippen molar-refractivity contribution in [3.05, 3.63) is 108 Å². The number of fused-ring (bicyclic) bond motifs is 2. The predicted molar refractivity (Wildman–Crippen MR) is 156 cm³/mol. The first-order valence-electron chi connectivity index (χ1n) is 12.6. The van der Waals surface area contributed by atoms with Crippen molar-refractivity contribution in [2.24, 2.45) is 0 Å². The molecule has 0 spiro atoms. The van der Waals surface area contributed by atoms with Gasteiger partial charge in [-0.3, -0.25) is 14.9 Å². The molecule has 5 aromatic heterocycles. The third-order valence-electron chi connectivity index (χ3n) is 6.75. The molecule has 0 aliphatic rings. The Bertz CT molecular complexity index is 2010. The summed E-state index contributed by atoms with van der Waals surface area (Å²) in [6.07, 6.45) is 5.42. The SMILES string of the molecule is O=C(Cc1ccccc1)Nc1cncc(-c2ccc3[nH]nc(-c4cc5c(-c6ccc(F)s6)ccnc5[nH]4)c3c2)c1. The zero-order valence-electron chi connectivity index (χ0n) is 21.0. The lowest BCUT2D eigenvalue weighted by molar-refractivity contribution is -0.115. The Morgan fingerprint density at radius 1 is 0.925 bits per heavy atom. The highest BCUT2D eigenvalue weighted by Crippen LogP contribution is 2.36. The Balaban J connectivity index is 1.21. The Hall–Kier alpha value is -5.15. The van der Waals surface area contributed by atoms with E-state index in [0.29, 0.717) is 11.3 Å². The second kappa shape index (κ2) is 9.87. The lowest BCUT2D eigenvalue weighted by atomic mass is 10.0. The van der Waals surface area contributed by atoms with Crippen LogP contribution in [-0.4, -0.2) is 31.1 Å². The van der Waals surface area contributed by atoms with E-state index in [4.69, 9.17) is 0 Å². The standard InChI is InChI=1S/C31H21FN6OS/c32-28-9-8-27(40-28)22-10-11-34-31-23(22)15-26(36-31)30-24-14-19(6-7-25(24)37-38-30)20-13-21(17-33-16-20)35-29(39)12-18-4-2-1-3-5-18/h1-11,13-17H,12H2,(H,34,36)(H,35,39)(H,37,38). The molecule has 0 saturated carbocycles. The number of aromatic nitrogens is 5. The second-order valence-corrected chi connectivity index (χ2v) is 10.4. The Labute approximate surface area is 231 Å². The number of aromatic amines is 2. The van der Waals surface area contributed by atoms with E-state index in [1.807, 2.05) is 60.7 Å². The molecule has 0 radical (unpaired) electrons. The third kappa shape index (κ3) is 4.52. The van der Waals surface area contributed by atoms with Gasteiger partial charge in [-0.1, -0.05) is 36.4 Å². The van der Waals surface area contributed by atoms with E-state index in [1.54, 1.807) is 24.7 Å². The summed E-state index contributed by atoms with van der Waals surface area (Å²) in [7, 11) is 0. The molecular weight excluding hydrogens is 523 g/mol. The monoisotopic (exact) mass is 544 g/mol. The minimum absolute atomic E-state index is 0.102. The molecule has 9 heteroatoms. The van der Waals surface area contributed by atoms with Crippen molar-refractivity contribution in [2.75, 3.05) is 5.32 Å². The molecule has 3 N–H and O–H groups in total. The van der Waals surface area contributed by atoms with Gasteiger partial charge >= 0.3 is 0 Å². The first-order valence-corrected chi connectivity index (χ1v) is 13.4. The fraction of sp³-hybridized carbons (Fsp3) is 0.0323. The van der Waals surface area contributed by atoms with Crippen LogP contribution in [-0.2, 0) is 11.2 Å². The van der Waals surface area contributed by atoms with Gasteiger partial charge in [0.05, 0.1) is 29.5 Å². The van der Waals surface area contributed by atoms with Crippen molar-refractivity contribution in [1.82, 2.24) is 25.1 Å². The minimum Gasteiger partial charge on any atom is -0.338 e. The lowest BCUT2D eigenvalue weighted by Gasteiger charge is -2.08. The van der Waals surface area contributed by atoms with Crippen molar-refractivity contribution >= 4 is 44.9 Å². The summed E-state index contributed by atoms with van der Waals surface area (Å²) < 4.78 is 13.7. The largest absolute Gasteiger partial charge is 0.338 e. The van der Waals surface area contributed by atoms with Gasteiger partial charge in [0, 0.05) is 39.2 Å². The first-order chi connectivity index (χ1) is 19.6. The number of hydrogen-bond donors (Lipinski definition) is 3. The van der Waals surface area contributed by atoms with Crippen molar-refractivity contribution in [3.8, 4) is 33.0 Å². The number of halogens is 1. The zero-order chi connectivity index (χ0) is 27.1. The van der Waals surface area contributed by atoms with Gasteiger partial charge in [0.25, 0.3) is 0 Å². The number of rotatable bonds is 6. The van der Waals surface area contributed by atoms with E-state index in [-0.39, 0.29) is 17.5 Å². The molecule has 0 aliphatic carbocycles. The molecule has 0 aliphatic heterocycles. The quantitative estimate of drug-likeness (QED) is 0.206. The van der Waals surface area contributed by atoms with Gasteiger partial charge in [0.15, 0.2) is 5.13 Å². The number of anilines is 1. The van der Waals surface area contributed by atoms with E-state index in [2.05, 4.69) is 36.5 Å². The number of thiophene rings is 1. The van der Waals surface area contributed by atoms with Crippen LogP contribution in [0.4, 0.5) is 10.1 Å². The first kappa shape index (κ1) is 23.9. The van der Waals surface area contributed by atoms with Crippen molar-refractivity contribution in [2.45, 2.75) is 6.42 Å². The van der Waals surface area contributed by atoms with Crippen LogP contribution in [0.25, 0.3) is 54.9 Å². The van der Waals surface area contributed by atoms with Crippen LogP contribution in [0, 0.1) is 5.13 Å². The predicted octanol–water partition coefficient (Wildman–Crippen LogP) is 7.22. The summed E-state index contributed by atoms with van der Waals surface area (Å²) in [5.41, 5.74) is 7.43. The number of carbonyl (C=O) groups excluding carboxylic acids is 1. The highest BCUT2D eigenvalue weighted by atomic mass is 32.1. The van der Waals surface area contributed by atoms with Crippen molar-refractivity contribution in [1.29, 1.82) is 0 Å². The highest BCUT2D eigenvalue weighted by Gasteiger charge is 2.16. The molecule has 0 unspecified atom stereocenters. The molecule has 0 atom stereocenters. The van der Waals surface area contributed by atoms with Crippen LogP contribution < -0.4 is 5.32 Å². The van der Waals surface area contributed by atoms with Crippen LogP contribution in [0.5, 0.6) is 0 Å². The van der Waals surface area contributed by atoms with Crippen LogP contribution >= 0.6 is 11.3 Å². The molecule has 7 rings (SSSR count). The topological polar surface area (TPSA) is 99.3 Å². The molecule has 1 amide bonds. The van der Waals surface area contributed by atoms with E-state index >= 15 is 0 Å². The molecule has 7 aromatic rings. The van der Waals surface area contributed by atoms with Gasteiger partial charge < -0.3 is 10.3 Å². The fourth-order valence-corrected chi connectivity index (χ4v) is 5.65. The summed E-state index contributed by atoms with van der Waals surface area (Å²) >= 11 is 1.11. The Morgan fingerprint density at radius 2 is 1.82 bits per heavy atom. The lowest BCUT2D eigenvalue weighted by Crippen LogP contribution is -2.14. The minimum atomic E-state index is -0.226. The van der Waals surface area contributed by atoms with Gasteiger partial charge in [0.1, 0.15) is 11.3 Å². The molecule has 0 fully saturated rings. The number of amides is 1. The number of nitrogens with zero attached hydrogens (tertiary/aromatic N) is 3. The average Bonchev–Trinajstić information content (AvgIpc) is 3.71. The summed E-state index contributed by atoms with van der Waals surface area (Å²) in [5.74, 6) is -0.102. The average molecular weight is 545 g/mol. The van der Waals surface area contributed by atoms with E-state index in [0.717, 1.165) is 66.1 Å². The van der Waals surface area contributed by atoms with Gasteiger partial charge in [-0.2, -0.15) is 9.49 Å². The van der Waals surface area contributed by atoms with Gasteiger partial charge in [-0.05, 0) is 53.6 Å². The maximum absolute atomic E-state index is 13.7. The fourth-order valence-electron chi connectivity index (χ4n) is 4.88. The number of carbonyl (C=O) groups is 1. The zero-order valence-corrected chi connectivity index (χ0v) is 21.8. The summed E-state index contributed by atoms with van der Waals surface area (Å²) in [5, 5.41) is 12.2. The van der Waals surface area contributed by atoms with Crippen LogP contribution in [0.15, 0.2) is 97.5 Å². The van der Waals surface area contributed by atoms with E-state index in [1.165, 1.54) is 6.07 Å². The summed E-state index contributed by atoms with van der Waals surface area (Å²) in [6, 6.07) is 24.7. The number of H-pyrrole nitrogens is 2. The third-order valence-corrected chi connectivity index (χ3v) is 7.66. The van der Waals surface area contributed by atoms with Crippen molar-refractivity contribution in [3.63, 3.8) is 0 Å². The number of pyridine rings is 2. The summed E-state index contributed by atoms with van der Waals surface area (Å²) in [6.45, 7) is 0. The number of benzene rings is 2. The molecule has 194 valence electrons. The van der Waals surface area contributed by atoms with Gasteiger partial charge in [0.2, 0.25) is 5.91 Å². The molecular formula is C31H21FN6OS. The van der Waals surface area contributed by atoms with Crippen LogP contribution in [0.1, 0.15) is 5.56 Å². The maximum atomic E-state index is 13.7. The molecule has 0 saturated heterocycles. The van der Waals surface area contributed by atoms with Crippen molar-refractivity contribution < 1.29 is 9.18 Å². The molecule has 40 heavy (non-hydrogen) atoms.